The van der Waals surface area contributed by atoms with Crippen LogP contribution in [0.2, 0.25) is 0 Å². The number of hydrogen-bond donors (Lipinski definition) is 1. The summed E-state index contributed by atoms with van der Waals surface area (Å²) in [6, 6.07) is 9.79. The number of amides is 1. The third-order valence-electron chi connectivity index (χ3n) is 3.55. The summed E-state index contributed by atoms with van der Waals surface area (Å²) in [4.78, 5) is 33.7. The molecule has 0 saturated carbocycles. The van der Waals surface area contributed by atoms with Crippen molar-refractivity contribution in [2.75, 3.05) is 13.7 Å². The van der Waals surface area contributed by atoms with Crippen molar-refractivity contribution in [3.05, 3.63) is 57.6 Å². The highest BCUT2D eigenvalue weighted by molar-refractivity contribution is 5.90. The van der Waals surface area contributed by atoms with Gasteiger partial charge in [0.2, 0.25) is 5.75 Å². The van der Waals surface area contributed by atoms with Crippen LogP contribution in [0.1, 0.15) is 18.1 Å². The fraction of sp³-hybridized carbons (Fsp3) is 0.211. The average Bonchev–Trinajstić information content (AvgIpc) is 2.67. The summed E-state index contributed by atoms with van der Waals surface area (Å²) in [5.41, 5.74) is 2.86. The molecule has 1 amide bonds. The van der Waals surface area contributed by atoms with E-state index in [0.717, 1.165) is 18.7 Å². The van der Waals surface area contributed by atoms with Gasteiger partial charge in [0.05, 0.1) is 23.8 Å². The number of nitro benzene ring substituents is 1. The number of nitrogens with one attached hydrogen (secondary N) is 1. The molecule has 2 rings (SSSR count). The maximum Gasteiger partial charge on any atom is 0.323 e. The Balaban J connectivity index is 2.08. The fourth-order valence-electron chi connectivity index (χ4n) is 2.28. The zero-order chi connectivity index (χ0) is 21.4. The van der Waals surface area contributed by atoms with Crippen molar-refractivity contribution in [1.82, 2.24) is 5.43 Å². The molecule has 0 aliphatic carbocycles. The number of ether oxygens (including phenoxy) is 3. The highest BCUT2D eigenvalue weighted by Gasteiger charge is 2.25. The van der Waals surface area contributed by atoms with Gasteiger partial charge in [-0.3, -0.25) is 19.7 Å². The predicted octanol–water partition coefficient (Wildman–Crippen LogP) is 2.37. The van der Waals surface area contributed by atoms with Gasteiger partial charge in [-0.1, -0.05) is 17.7 Å². The Morgan fingerprint density at radius 3 is 2.48 bits per heavy atom. The molecule has 152 valence electrons. The van der Waals surface area contributed by atoms with Crippen molar-refractivity contribution in [3.63, 3.8) is 0 Å². The summed E-state index contributed by atoms with van der Waals surface area (Å²) >= 11 is 0. The van der Waals surface area contributed by atoms with Crippen molar-refractivity contribution in [2.24, 2.45) is 5.10 Å². The predicted molar refractivity (Wildman–Crippen MR) is 103 cm³/mol. The number of esters is 1. The van der Waals surface area contributed by atoms with E-state index in [4.69, 9.17) is 14.2 Å². The molecule has 2 aromatic carbocycles. The Morgan fingerprint density at radius 1 is 1.21 bits per heavy atom. The average molecular weight is 401 g/mol. The topological polar surface area (TPSA) is 129 Å². The minimum absolute atomic E-state index is 0.0440. The lowest BCUT2D eigenvalue weighted by Crippen LogP contribution is -2.24. The third kappa shape index (κ3) is 6.03. The first-order chi connectivity index (χ1) is 13.8. The molecule has 0 aliphatic rings. The van der Waals surface area contributed by atoms with Crippen LogP contribution in [-0.4, -0.2) is 36.7 Å². The maximum absolute atomic E-state index is 11.8. The van der Waals surface area contributed by atoms with Crippen molar-refractivity contribution >= 4 is 23.8 Å². The number of aryl methyl sites for hydroxylation is 1. The lowest BCUT2D eigenvalue weighted by Gasteiger charge is -2.09. The lowest BCUT2D eigenvalue weighted by molar-refractivity contribution is -0.385. The van der Waals surface area contributed by atoms with Gasteiger partial charge in [0.1, 0.15) is 5.75 Å². The van der Waals surface area contributed by atoms with Crippen molar-refractivity contribution in [3.8, 4) is 17.2 Å². The van der Waals surface area contributed by atoms with Crippen molar-refractivity contribution < 1.29 is 28.7 Å². The zero-order valence-electron chi connectivity index (χ0n) is 16.0. The van der Waals surface area contributed by atoms with E-state index in [0.29, 0.717) is 5.75 Å². The number of benzene rings is 2. The number of carbonyl (C=O) groups is 2. The van der Waals surface area contributed by atoms with Crippen molar-refractivity contribution in [2.45, 2.75) is 13.8 Å². The molecule has 0 saturated heterocycles. The Kier molecular flexibility index (Phi) is 7.24. The molecule has 29 heavy (non-hydrogen) atoms. The molecular weight excluding hydrogens is 382 g/mol. The molecule has 10 nitrogen and oxygen atoms in total. The van der Waals surface area contributed by atoms with E-state index < -0.39 is 22.5 Å². The van der Waals surface area contributed by atoms with Crippen LogP contribution < -0.4 is 19.6 Å². The first-order valence-electron chi connectivity index (χ1n) is 8.37. The smallest absolute Gasteiger partial charge is 0.323 e. The van der Waals surface area contributed by atoms with Crippen LogP contribution in [0.25, 0.3) is 0 Å². The van der Waals surface area contributed by atoms with Crippen molar-refractivity contribution in [1.29, 1.82) is 0 Å². The van der Waals surface area contributed by atoms with Gasteiger partial charge in [0.25, 0.3) is 5.91 Å². The molecule has 2 aromatic rings. The Morgan fingerprint density at radius 2 is 1.90 bits per heavy atom. The first kappa shape index (κ1) is 21.4. The molecule has 0 fully saturated rings. The molecule has 10 heteroatoms. The quantitative estimate of drug-likeness (QED) is 0.236. The third-order valence-corrected chi connectivity index (χ3v) is 3.55. The van der Waals surface area contributed by atoms with Crippen LogP contribution in [0.5, 0.6) is 17.2 Å². The van der Waals surface area contributed by atoms with Gasteiger partial charge < -0.3 is 14.2 Å². The Bertz CT molecular complexity index is 940. The number of rotatable bonds is 8. The van der Waals surface area contributed by atoms with E-state index in [9.17, 15) is 19.7 Å². The molecular formula is C19H19N3O7. The SMILES string of the molecule is COc1c(OC(C)=O)ccc(C=NNC(=O)COc2ccc(C)cc2)c1[N+](=O)[O-]. The van der Waals surface area contributed by atoms with Crippen LogP contribution in [0.15, 0.2) is 41.5 Å². The number of carbonyl (C=O) groups excluding carboxylic acids is 2. The lowest BCUT2D eigenvalue weighted by atomic mass is 10.1. The van der Waals surface area contributed by atoms with Gasteiger partial charge in [0, 0.05) is 6.92 Å². The summed E-state index contributed by atoms with van der Waals surface area (Å²) in [6.07, 6.45) is 1.09. The fourth-order valence-corrected chi connectivity index (χ4v) is 2.28. The maximum atomic E-state index is 11.8. The first-order valence-corrected chi connectivity index (χ1v) is 8.37. The molecule has 0 atom stereocenters. The van der Waals surface area contributed by atoms with Gasteiger partial charge in [-0.2, -0.15) is 5.10 Å². The number of hydrogen-bond acceptors (Lipinski definition) is 8. The molecule has 0 bridgehead atoms. The number of methoxy groups -OCH3 is 1. The number of hydrazone groups is 1. The van der Waals surface area contributed by atoms with Crippen LogP contribution in [0.3, 0.4) is 0 Å². The Hall–Kier alpha value is -3.95. The minimum Gasteiger partial charge on any atom is -0.488 e. The van der Waals surface area contributed by atoms with Crippen LogP contribution in [-0.2, 0) is 9.59 Å². The normalized spacial score (nSPS) is 10.4. The molecule has 1 N–H and O–H groups in total. The highest BCUT2D eigenvalue weighted by atomic mass is 16.6. The summed E-state index contributed by atoms with van der Waals surface area (Å²) in [7, 11) is 1.21. The van der Waals surface area contributed by atoms with Gasteiger partial charge in [-0.25, -0.2) is 5.43 Å². The van der Waals surface area contributed by atoms with Gasteiger partial charge >= 0.3 is 11.7 Å². The molecule has 0 spiro atoms. The van der Waals surface area contributed by atoms with Crippen LogP contribution in [0.4, 0.5) is 5.69 Å². The van der Waals surface area contributed by atoms with E-state index in [2.05, 4.69) is 10.5 Å². The summed E-state index contributed by atoms with van der Waals surface area (Å²) in [6.45, 7) is 2.81. The van der Waals surface area contributed by atoms with E-state index in [-0.39, 0.29) is 23.7 Å². The Labute approximate surface area is 166 Å². The zero-order valence-corrected chi connectivity index (χ0v) is 16.0. The van der Waals surface area contributed by atoms with Crippen LogP contribution >= 0.6 is 0 Å². The monoisotopic (exact) mass is 401 g/mol. The molecule has 0 radical (unpaired) electrons. The van der Waals surface area contributed by atoms with Crippen LogP contribution in [0, 0.1) is 17.0 Å². The van der Waals surface area contributed by atoms with E-state index >= 15 is 0 Å². The largest absolute Gasteiger partial charge is 0.488 e. The summed E-state index contributed by atoms with van der Waals surface area (Å²) < 4.78 is 15.2. The second-order valence-corrected chi connectivity index (χ2v) is 5.78. The molecule has 0 unspecified atom stereocenters. The second-order valence-electron chi connectivity index (χ2n) is 5.78. The van der Waals surface area contributed by atoms with E-state index in [1.54, 1.807) is 12.1 Å². The van der Waals surface area contributed by atoms with Gasteiger partial charge in [-0.15, -0.1) is 0 Å². The van der Waals surface area contributed by atoms with Gasteiger partial charge in [-0.05, 0) is 31.2 Å². The molecule has 0 aliphatic heterocycles. The summed E-state index contributed by atoms with van der Waals surface area (Å²) in [5, 5.41) is 15.1. The standard InChI is InChI=1S/C19H19N3O7/c1-12-4-7-15(8-5-12)28-11-17(24)21-20-10-14-6-9-16(29-13(2)23)19(27-3)18(14)22(25)26/h4-10H,11H2,1-3H3,(H,21,24). The molecule has 0 heterocycles. The highest BCUT2D eigenvalue weighted by Crippen LogP contribution is 2.39. The second kappa shape index (κ2) is 9.83. The van der Waals surface area contributed by atoms with E-state index in [1.165, 1.54) is 19.2 Å². The van der Waals surface area contributed by atoms with E-state index in [1.807, 2.05) is 19.1 Å². The number of nitro groups is 1. The minimum atomic E-state index is -0.699. The van der Waals surface area contributed by atoms with Gasteiger partial charge in [0.15, 0.2) is 12.4 Å². The molecule has 0 aromatic heterocycles. The summed E-state index contributed by atoms with van der Waals surface area (Å²) in [5.74, 6) is -1.01. The number of nitrogens with zero attached hydrogens (tertiary/aromatic N) is 2.